The Labute approximate surface area is 85.7 Å². The molecular formula is C11H14OSe. The van der Waals surface area contributed by atoms with E-state index in [1.165, 1.54) is 4.46 Å². The van der Waals surface area contributed by atoms with Crippen LogP contribution in [-0.4, -0.2) is 20.7 Å². The molecule has 1 aromatic carbocycles. The molecule has 0 amide bonds. The van der Waals surface area contributed by atoms with Gasteiger partial charge in [-0.25, -0.2) is 0 Å². The molecule has 0 atom stereocenters. The molecule has 0 spiro atoms. The summed E-state index contributed by atoms with van der Waals surface area (Å²) in [5.41, 5.74) is 0. The van der Waals surface area contributed by atoms with Crippen molar-refractivity contribution in [3.8, 4) is 0 Å². The van der Waals surface area contributed by atoms with Gasteiger partial charge in [-0.3, -0.25) is 0 Å². The summed E-state index contributed by atoms with van der Waals surface area (Å²) in [6.07, 6.45) is 0. The molecule has 13 heavy (non-hydrogen) atoms. The molecule has 0 bridgehead atoms. The number of benzene rings is 1. The Morgan fingerprint density at radius 1 is 1.23 bits per heavy atom. The van der Waals surface area contributed by atoms with Crippen LogP contribution in [0.3, 0.4) is 0 Å². The van der Waals surface area contributed by atoms with Crippen LogP contribution in [0.1, 0.15) is 20.8 Å². The molecule has 2 heteroatoms. The Bertz CT molecular complexity index is 290. The van der Waals surface area contributed by atoms with E-state index in [0.29, 0.717) is 0 Å². The summed E-state index contributed by atoms with van der Waals surface area (Å²) in [6.45, 7) is 5.70. The molecule has 0 N–H and O–H groups in total. The average molecular weight is 241 g/mol. The van der Waals surface area contributed by atoms with Crippen LogP contribution in [-0.2, 0) is 4.79 Å². The van der Waals surface area contributed by atoms with E-state index in [-0.39, 0.29) is 25.1 Å². The molecule has 0 fully saturated rings. The SMILES string of the molecule is CC(=O)C(C)(C)[Se]c1ccccc1. The molecule has 1 aromatic rings. The first-order valence-corrected chi connectivity index (χ1v) is 5.99. The number of carbonyl (C=O) groups is 1. The quantitative estimate of drug-likeness (QED) is 0.737. The zero-order valence-electron chi connectivity index (χ0n) is 8.20. The van der Waals surface area contributed by atoms with Gasteiger partial charge in [-0.1, -0.05) is 0 Å². The van der Waals surface area contributed by atoms with Crippen molar-refractivity contribution < 1.29 is 4.79 Å². The Balaban J connectivity index is 2.75. The molecule has 0 heterocycles. The Morgan fingerprint density at radius 2 is 1.77 bits per heavy atom. The van der Waals surface area contributed by atoms with E-state index in [0.717, 1.165) is 0 Å². The van der Waals surface area contributed by atoms with Crippen LogP contribution in [0, 0.1) is 0 Å². The van der Waals surface area contributed by atoms with Gasteiger partial charge in [0.15, 0.2) is 0 Å². The van der Waals surface area contributed by atoms with Crippen LogP contribution in [0.15, 0.2) is 30.3 Å². The molecule has 0 aliphatic carbocycles. The number of rotatable bonds is 3. The molecule has 1 rings (SSSR count). The molecule has 0 saturated heterocycles. The van der Waals surface area contributed by atoms with E-state index in [4.69, 9.17) is 0 Å². The molecule has 0 aromatic heterocycles. The van der Waals surface area contributed by atoms with Crippen LogP contribution in [0.25, 0.3) is 0 Å². The van der Waals surface area contributed by atoms with Crippen LogP contribution in [0.5, 0.6) is 0 Å². The fourth-order valence-corrected chi connectivity index (χ4v) is 3.01. The van der Waals surface area contributed by atoms with Gasteiger partial charge < -0.3 is 0 Å². The third kappa shape index (κ3) is 2.98. The summed E-state index contributed by atoms with van der Waals surface area (Å²) >= 11 is 0.236. The number of hydrogen-bond donors (Lipinski definition) is 0. The van der Waals surface area contributed by atoms with Gasteiger partial charge in [0.2, 0.25) is 0 Å². The maximum atomic E-state index is 11.3. The summed E-state index contributed by atoms with van der Waals surface area (Å²) in [4.78, 5) is 11.3. The van der Waals surface area contributed by atoms with Crippen molar-refractivity contribution in [1.82, 2.24) is 0 Å². The summed E-state index contributed by atoms with van der Waals surface area (Å²) < 4.78 is 1.11. The normalized spacial score (nSPS) is 11.3. The average Bonchev–Trinajstić information content (AvgIpc) is 2.05. The van der Waals surface area contributed by atoms with Crippen molar-refractivity contribution in [2.24, 2.45) is 0 Å². The fraction of sp³-hybridized carbons (Fsp3) is 0.364. The zero-order chi connectivity index (χ0) is 9.90. The van der Waals surface area contributed by atoms with Crippen molar-refractivity contribution in [2.45, 2.75) is 25.1 Å². The van der Waals surface area contributed by atoms with Crippen molar-refractivity contribution in [3.63, 3.8) is 0 Å². The minimum atomic E-state index is -0.172. The van der Waals surface area contributed by atoms with Gasteiger partial charge in [-0.2, -0.15) is 0 Å². The number of hydrogen-bond acceptors (Lipinski definition) is 1. The van der Waals surface area contributed by atoms with Gasteiger partial charge in [0.1, 0.15) is 0 Å². The van der Waals surface area contributed by atoms with Gasteiger partial charge in [0, 0.05) is 0 Å². The van der Waals surface area contributed by atoms with Crippen LogP contribution < -0.4 is 4.46 Å². The van der Waals surface area contributed by atoms with Crippen LogP contribution in [0.4, 0.5) is 0 Å². The molecule has 0 unspecified atom stereocenters. The third-order valence-corrected chi connectivity index (χ3v) is 4.70. The van der Waals surface area contributed by atoms with Crippen molar-refractivity contribution in [2.75, 3.05) is 0 Å². The number of carbonyl (C=O) groups excluding carboxylic acids is 1. The van der Waals surface area contributed by atoms with Gasteiger partial charge in [-0.05, 0) is 0 Å². The molecule has 0 aliphatic heterocycles. The predicted octanol–water partition coefficient (Wildman–Crippen LogP) is 1.80. The molecule has 1 nitrogen and oxygen atoms in total. The molecule has 0 aliphatic rings. The van der Waals surface area contributed by atoms with Gasteiger partial charge in [0.05, 0.1) is 0 Å². The zero-order valence-corrected chi connectivity index (χ0v) is 9.92. The first kappa shape index (κ1) is 10.5. The van der Waals surface area contributed by atoms with E-state index in [2.05, 4.69) is 12.1 Å². The number of Topliss-reactive ketones (excluding diaryl/α,β-unsaturated/α-hetero) is 1. The molecule has 0 saturated carbocycles. The van der Waals surface area contributed by atoms with E-state index in [1.54, 1.807) is 6.92 Å². The third-order valence-electron chi connectivity index (χ3n) is 1.96. The van der Waals surface area contributed by atoms with Gasteiger partial charge >= 0.3 is 85.4 Å². The van der Waals surface area contributed by atoms with Crippen LogP contribution >= 0.6 is 0 Å². The molecular weight excluding hydrogens is 227 g/mol. The van der Waals surface area contributed by atoms with Crippen molar-refractivity contribution in [1.29, 1.82) is 0 Å². The second-order valence-corrected chi connectivity index (χ2v) is 7.04. The monoisotopic (exact) mass is 242 g/mol. The van der Waals surface area contributed by atoms with E-state index >= 15 is 0 Å². The summed E-state index contributed by atoms with van der Waals surface area (Å²) in [7, 11) is 0. The maximum absolute atomic E-state index is 11.3. The van der Waals surface area contributed by atoms with E-state index in [1.807, 2.05) is 32.0 Å². The molecule has 0 radical (unpaired) electrons. The Morgan fingerprint density at radius 3 is 2.23 bits per heavy atom. The standard InChI is InChI=1S/C11H14OSe/c1-9(12)11(2,3)13-10-7-5-4-6-8-10/h4-8H,1-3H3. The van der Waals surface area contributed by atoms with Crippen LogP contribution in [0.2, 0.25) is 4.31 Å². The predicted molar refractivity (Wildman–Crippen MR) is 56.6 cm³/mol. The fourth-order valence-electron chi connectivity index (χ4n) is 0.855. The second-order valence-electron chi connectivity index (χ2n) is 3.48. The first-order valence-electron chi connectivity index (χ1n) is 4.27. The van der Waals surface area contributed by atoms with E-state index < -0.39 is 0 Å². The summed E-state index contributed by atoms with van der Waals surface area (Å²) in [6, 6.07) is 10.2. The van der Waals surface area contributed by atoms with Crippen molar-refractivity contribution >= 4 is 25.2 Å². The second kappa shape index (κ2) is 4.08. The molecule has 70 valence electrons. The Hall–Kier alpha value is -0.591. The van der Waals surface area contributed by atoms with Gasteiger partial charge in [-0.15, -0.1) is 0 Å². The number of ketones is 1. The summed E-state index contributed by atoms with van der Waals surface area (Å²) in [5, 5.41) is 0. The summed E-state index contributed by atoms with van der Waals surface area (Å²) in [5.74, 6) is 0.274. The Kier molecular flexibility index (Phi) is 3.29. The topological polar surface area (TPSA) is 17.1 Å². The minimum absolute atomic E-state index is 0.172. The van der Waals surface area contributed by atoms with Crippen molar-refractivity contribution in [3.05, 3.63) is 30.3 Å². The van der Waals surface area contributed by atoms with E-state index in [9.17, 15) is 4.79 Å². The van der Waals surface area contributed by atoms with Gasteiger partial charge in [0.25, 0.3) is 0 Å². The first-order chi connectivity index (χ1) is 6.02.